The molecule has 100 valence electrons. The Morgan fingerprint density at radius 2 is 1.95 bits per heavy atom. The van der Waals surface area contributed by atoms with Gasteiger partial charge >= 0.3 is 0 Å². The largest absolute Gasteiger partial charge is 0.455 e. The molecule has 0 aliphatic carbocycles. The molecular formula is C15H15BrFNO. The van der Waals surface area contributed by atoms with Gasteiger partial charge in [0.15, 0.2) is 5.75 Å². The molecule has 0 aromatic heterocycles. The summed E-state index contributed by atoms with van der Waals surface area (Å²) in [6, 6.07) is 10.6. The molecule has 0 bridgehead atoms. The molecule has 0 aliphatic rings. The number of nitrogens with two attached hydrogens (primary N) is 1. The lowest BCUT2D eigenvalue weighted by molar-refractivity contribution is 0.481. The molecule has 2 aromatic rings. The van der Waals surface area contributed by atoms with Crippen molar-refractivity contribution in [2.45, 2.75) is 19.8 Å². The van der Waals surface area contributed by atoms with E-state index in [1.807, 2.05) is 24.3 Å². The maximum atomic E-state index is 13.3. The molecule has 0 aliphatic heterocycles. The Labute approximate surface area is 120 Å². The van der Waals surface area contributed by atoms with Gasteiger partial charge in [0.2, 0.25) is 0 Å². The molecule has 4 heteroatoms. The highest BCUT2D eigenvalue weighted by molar-refractivity contribution is 9.10. The number of ether oxygens (including phenoxy) is 1. The fourth-order valence-electron chi connectivity index (χ4n) is 1.70. The van der Waals surface area contributed by atoms with Crippen molar-refractivity contribution in [1.29, 1.82) is 0 Å². The van der Waals surface area contributed by atoms with E-state index in [0.29, 0.717) is 21.9 Å². The van der Waals surface area contributed by atoms with Crippen LogP contribution in [-0.2, 0) is 0 Å². The summed E-state index contributed by atoms with van der Waals surface area (Å²) in [5.74, 6) is 1.15. The summed E-state index contributed by atoms with van der Waals surface area (Å²) < 4.78 is 19.3. The third-order valence-corrected chi connectivity index (χ3v) is 3.41. The van der Waals surface area contributed by atoms with E-state index in [4.69, 9.17) is 10.5 Å². The Hall–Kier alpha value is -1.55. The Morgan fingerprint density at radius 1 is 1.21 bits per heavy atom. The Kier molecular flexibility index (Phi) is 4.10. The standard InChI is InChI=1S/C15H15BrFNO/c1-9(2)10-4-3-5-11(6-10)19-15-7-12(16)13(17)8-14(15)18/h3-9H,18H2,1-2H3. The fraction of sp³-hybridized carbons (Fsp3) is 0.200. The number of rotatable bonds is 3. The summed E-state index contributed by atoms with van der Waals surface area (Å²) >= 11 is 3.12. The lowest BCUT2D eigenvalue weighted by atomic mass is 10.0. The van der Waals surface area contributed by atoms with E-state index in [9.17, 15) is 4.39 Å². The lowest BCUT2D eigenvalue weighted by Gasteiger charge is -2.12. The highest BCUT2D eigenvalue weighted by Gasteiger charge is 2.09. The maximum absolute atomic E-state index is 13.3. The van der Waals surface area contributed by atoms with Crippen molar-refractivity contribution in [2.24, 2.45) is 0 Å². The smallest absolute Gasteiger partial charge is 0.151 e. The molecule has 2 aromatic carbocycles. The van der Waals surface area contributed by atoms with Gasteiger partial charge in [0, 0.05) is 12.1 Å². The molecule has 0 radical (unpaired) electrons. The van der Waals surface area contributed by atoms with Crippen LogP contribution in [0.3, 0.4) is 0 Å². The van der Waals surface area contributed by atoms with Crippen LogP contribution in [0.25, 0.3) is 0 Å². The van der Waals surface area contributed by atoms with Crippen molar-refractivity contribution in [1.82, 2.24) is 0 Å². The summed E-state index contributed by atoms with van der Waals surface area (Å²) in [6.45, 7) is 4.23. The minimum atomic E-state index is -0.402. The number of benzene rings is 2. The first-order chi connectivity index (χ1) is 8.97. The number of halogens is 2. The highest BCUT2D eigenvalue weighted by atomic mass is 79.9. The van der Waals surface area contributed by atoms with Gasteiger partial charge in [0.05, 0.1) is 10.2 Å². The molecule has 0 heterocycles. The monoisotopic (exact) mass is 323 g/mol. The molecule has 0 fully saturated rings. The van der Waals surface area contributed by atoms with Crippen LogP contribution in [0, 0.1) is 5.82 Å². The lowest BCUT2D eigenvalue weighted by Crippen LogP contribution is -1.95. The van der Waals surface area contributed by atoms with E-state index in [2.05, 4.69) is 29.8 Å². The van der Waals surface area contributed by atoms with Crippen LogP contribution < -0.4 is 10.5 Å². The number of anilines is 1. The van der Waals surface area contributed by atoms with Gasteiger partial charge in [-0.1, -0.05) is 26.0 Å². The Bertz CT molecular complexity index is 599. The first-order valence-electron chi connectivity index (χ1n) is 5.99. The zero-order valence-electron chi connectivity index (χ0n) is 10.8. The molecule has 0 saturated carbocycles. The van der Waals surface area contributed by atoms with Crippen molar-refractivity contribution in [3.63, 3.8) is 0 Å². The molecule has 19 heavy (non-hydrogen) atoms. The molecule has 2 nitrogen and oxygen atoms in total. The predicted octanol–water partition coefficient (Wildman–Crippen LogP) is 5.09. The van der Waals surface area contributed by atoms with E-state index >= 15 is 0 Å². The van der Waals surface area contributed by atoms with Gasteiger partial charge in [-0.25, -0.2) is 4.39 Å². The SMILES string of the molecule is CC(C)c1cccc(Oc2cc(Br)c(F)cc2N)c1. The first-order valence-corrected chi connectivity index (χ1v) is 6.79. The van der Waals surface area contributed by atoms with Crippen LogP contribution in [0.2, 0.25) is 0 Å². The average Bonchev–Trinajstić information content (AvgIpc) is 2.36. The van der Waals surface area contributed by atoms with Crippen LogP contribution in [0.4, 0.5) is 10.1 Å². The van der Waals surface area contributed by atoms with Gasteiger partial charge in [-0.2, -0.15) is 0 Å². The highest BCUT2D eigenvalue weighted by Crippen LogP contribution is 2.33. The number of nitrogen functional groups attached to an aromatic ring is 1. The number of hydrogen-bond donors (Lipinski definition) is 1. The number of hydrogen-bond acceptors (Lipinski definition) is 2. The fourth-order valence-corrected chi connectivity index (χ4v) is 2.02. The second-order valence-corrected chi connectivity index (χ2v) is 5.49. The van der Waals surface area contributed by atoms with E-state index < -0.39 is 5.82 Å². The molecule has 0 saturated heterocycles. The zero-order chi connectivity index (χ0) is 14.0. The van der Waals surface area contributed by atoms with Crippen LogP contribution in [0.15, 0.2) is 40.9 Å². The minimum Gasteiger partial charge on any atom is -0.455 e. The third kappa shape index (κ3) is 3.26. The minimum absolute atomic E-state index is 0.274. The van der Waals surface area contributed by atoms with Crippen LogP contribution in [-0.4, -0.2) is 0 Å². The molecular weight excluding hydrogens is 309 g/mol. The summed E-state index contributed by atoms with van der Waals surface area (Å²) in [7, 11) is 0. The summed E-state index contributed by atoms with van der Waals surface area (Å²) in [5, 5.41) is 0. The van der Waals surface area contributed by atoms with Crippen LogP contribution >= 0.6 is 15.9 Å². The molecule has 0 amide bonds. The summed E-state index contributed by atoms with van der Waals surface area (Å²) in [4.78, 5) is 0. The van der Waals surface area contributed by atoms with Gasteiger partial charge in [0.25, 0.3) is 0 Å². The normalized spacial score (nSPS) is 10.8. The van der Waals surface area contributed by atoms with Crippen molar-refractivity contribution >= 4 is 21.6 Å². The van der Waals surface area contributed by atoms with Crippen molar-refractivity contribution < 1.29 is 9.13 Å². The summed E-state index contributed by atoms with van der Waals surface area (Å²) in [5.41, 5.74) is 7.20. The molecule has 0 spiro atoms. The zero-order valence-corrected chi connectivity index (χ0v) is 12.4. The van der Waals surface area contributed by atoms with E-state index in [-0.39, 0.29) is 5.69 Å². The Morgan fingerprint density at radius 3 is 2.63 bits per heavy atom. The topological polar surface area (TPSA) is 35.2 Å². The molecule has 2 N–H and O–H groups in total. The maximum Gasteiger partial charge on any atom is 0.151 e. The van der Waals surface area contributed by atoms with Gasteiger partial charge in [-0.05, 0) is 39.5 Å². The Balaban J connectivity index is 2.31. The molecule has 2 rings (SSSR count). The third-order valence-electron chi connectivity index (χ3n) is 2.81. The average molecular weight is 324 g/mol. The quantitative estimate of drug-likeness (QED) is 0.799. The van der Waals surface area contributed by atoms with Crippen molar-refractivity contribution in [3.05, 3.63) is 52.3 Å². The van der Waals surface area contributed by atoms with E-state index in [0.717, 1.165) is 0 Å². The van der Waals surface area contributed by atoms with Gasteiger partial charge in [-0.15, -0.1) is 0 Å². The van der Waals surface area contributed by atoms with Gasteiger partial charge in [-0.3, -0.25) is 0 Å². The predicted molar refractivity (Wildman–Crippen MR) is 79.1 cm³/mol. The first kappa shape index (κ1) is 13.9. The molecule has 0 unspecified atom stereocenters. The van der Waals surface area contributed by atoms with Gasteiger partial charge < -0.3 is 10.5 Å². The van der Waals surface area contributed by atoms with E-state index in [1.54, 1.807) is 0 Å². The second-order valence-electron chi connectivity index (χ2n) is 4.63. The van der Waals surface area contributed by atoms with E-state index in [1.165, 1.54) is 17.7 Å². The van der Waals surface area contributed by atoms with Crippen molar-refractivity contribution in [3.8, 4) is 11.5 Å². The van der Waals surface area contributed by atoms with Gasteiger partial charge in [0.1, 0.15) is 11.6 Å². The van der Waals surface area contributed by atoms with Crippen molar-refractivity contribution in [2.75, 3.05) is 5.73 Å². The van der Waals surface area contributed by atoms with Crippen LogP contribution in [0.1, 0.15) is 25.3 Å². The second kappa shape index (κ2) is 5.61. The van der Waals surface area contributed by atoms with Crippen LogP contribution in [0.5, 0.6) is 11.5 Å². The summed E-state index contributed by atoms with van der Waals surface area (Å²) in [6.07, 6.45) is 0. The molecule has 0 atom stereocenters.